The van der Waals surface area contributed by atoms with Crippen LogP contribution in [0.25, 0.3) is 11.4 Å². The first-order chi connectivity index (χ1) is 9.60. The number of alkyl halides is 2. The first-order valence-corrected chi connectivity index (χ1v) is 5.87. The van der Waals surface area contributed by atoms with Gasteiger partial charge < -0.3 is 14.5 Å². The minimum atomic E-state index is -2.94. The number of rotatable bonds is 5. The van der Waals surface area contributed by atoms with Crippen LogP contribution >= 0.6 is 0 Å². The first kappa shape index (κ1) is 14.0. The van der Waals surface area contributed by atoms with Crippen molar-refractivity contribution in [3.8, 4) is 22.9 Å². The molecule has 1 aromatic carbocycles. The van der Waals surface area contributed by atoms with Gasteiger partial charge in [-0.2, -0.15) is 8.78 Å². The molecule has 106 valence electrons. The lowest BCUT2D eigenvalue weighted by molar-refractivity contribution is -0.0514. The van der Waals surface area contributed by atoms with Crippen molar-refractivity contribution in [3.05, 3.63) is 40.8 Å². The van der Waals surface area contributed by atoms with E-state index in [9.17, 15) is 13.6 Å². The molecule has 1 heterocycles. The van der Waals surface area contributed by atoms with Gasteiger partial charge in [0.25, 0.3) is 5.56 Å². The molecule has 2 aromatic rings. The number of nitrogens with zero attached hydrogens (tertiary/aromatic N) is 1. The molecule has 0 saturated heterocycles. The summed E-state index contributed by atoms with van der Waals surface area (Å²) in [5, 5.41) is 0. The summed E-state index contributed by atoms with van der Waals surface area (Å²) in [5.41, 5.74) is 0.230. The number of H-pyrrole nitrogens is 1. The second-order valence-electron chi connectivity index (χ2n) is 3.76. The third-order valence-corrected chi connectivity index (χ3v) is 2.40. The minimum absolute atomic E-state index is 0.0659. The summed E-state index contributed by atoms with van der Waals surface area (Å²) in [6.07, 6.45) is 1.36. The summed E-state index contributed by atoms with van der Waals surface area (Å²) in [5.74, 6) is 0.419. The van der Waals surface area contributed by atoms with Crippen molar-refractivity contribution in [1.29, 1.82) is 0 Å². The Morgan fingerprint density at radius 3 is 2.75 bits per heavy atom. The van der Waals surface area contributed by atoms with Crippen molar-refractivity contribution in [2.75, 3.05) is 6.61 Å². The fourth-order valence-corrected chi connectivity index (χ4v) is 1.63. The van der Waals surface area contributed by atoms with Crippen LogP contribution in [0.1, 0.15) is 6.92 Å². The molecule has 0 spiro atoms. The summed E-state index contributed by atoms with van der Waals surface area (Å²) in [4.78, 5) is 17.8. The van der Waals surface area contributed by atoms with Crippen LogP contribution < -0.4 is 15.0 Å². The van der Waals surface area contributed by atoms with E-state index in [1.54, 1.807) is 6.92 Å². The number of benzene rings is 1. The maximum absolute atomic E-state index is 12.3. The standard InChI is InChI=1S/C13H12F2N2O3/c1-2-19-10-7-8(3-4-9(10)20-13(14)15)12-16-6-5-11(18)17-12/h3-7,13H,2H2,1H3,(H,16,17,18). The highest BCUT2D eigenvalue weighted by molar-refractivity contribution is 5.60. The lowest BCUT2D eigenvalue weighted by atomic mass is 10.2. The van der Waals surface area contributed by atoms with E-state index < -0.39 is 6.61 Å². The number of hydrogen-bond acceptors (Lipinski definition) is 4. The molecule has 7 heteroatoms. The maximum atomic E-state index is 12.3. The van der Waals surface area contributed by atoms with Crippen LogP contribution in [0.3, 0.4) is 0 Å². The minimum Gasteiger partial charge on any atom is -0.490 e. The van der Waals surface area contributed by atoms with Gasteiger partial charge in [0.15, 0.2) is 11.5 Å². The van der Waals surface area contributed by atoms with Crippen LogP contribution in [-0.2, 0) is 0 Å². The fourth-order valence-electron chi connectivity index (χ4n) is 1.63. The number of aromatic amines is 1. The highest BCUT2D eigenvalue weighted by Gasteiger charge is 2.12. The summed E-state index contributed by atoms with van der Waals surface area (Å²) in [7, 11) is 0. The average Bonchev–Trinajstić information content (AvgIpc) is 2.40. The van der Waals surface area contributed by atoms with Gasteiger partial charge in [-0.15, -0.1) is 0 Å². The van der Waals surface area contributed by atoms with E-state index in [0.29, 0.717) is 18.0 Å². The largest absolute Gasteiger partial charge is 0.490 e. The molecule has 0 fully saturated rings. The monoisotopic (exact) mass is 282 g/mol. The number of hydrogen-bond donors (Lipinski definition) is 1. The molecule has 0 amide bonds. The maximum Gasteiger partial charge on any atom is 0.387 e. The van der Waals surface area contributed by atoms with Crippen molar-refractivity contribution in [2.45, 2.75) is 13.5 Å². The Morgan fingerprint density at radius 2 is 2.10 bits per heavy atom. The molecule has 0 unspecified atom stereocenters. The predicted octanol–water partition coefficient (Wildman–Crippen LogP) is 2.44. The van der Waals surface area contributed by atoms with Gasteiger partial charge in [0.1, 0.15) is 5.82 Å². The molecule has 2 rings (SSSR count). The summed E-state index contributed by atoms with van der Waals surface area (Å²) >= 11 is 0. The van der Waals surface area contributed by atoms with Crippen LogP contribution in [0.2, 0.25) is 0 Å². The molecular weight excluding hydrogens is 270 g/mol. The van der Waals surface area contributed by atoms with E-state index in [-0.39, 0.29) is 17.1 Å². The van der Waals surface area contributed by atoms with Gasteiger partial charge in [-0.25, -0.2) is 4.98 Å². The Kier molecular flexibility index (Phi) is 4.29. The Hall–Kier alpha value is -2.44. The zero-order valence-electron chi connectivity index (χ0n) is 10.6. The zero-order valence-corrected chi connectivity index (χ0v) is 10.6. The number of nitrogens with one attached hydrogen (secondary N) is 1. The van der Waals surface area contributed by atoms with Crippen molar-refractivity contribution in [3.63, 3.8) is 0 Å². The third-order valence-electron chi connectivity index (χ3n) is 2.40. The molecule has 0 aliphatic heterocycles. The summed E-state index contributed by atoms with van der Waals surface area (Å²) in [6.45, 7) is -0.918. The Labute approximate surface area is 113 Å². The Bertz CT molecular complexity index is 644. The lowest BCUT2D eigenvalue weighted by Crippen LogP contribution is -2.07. The van der Waals surface area contributed by atoms with E-state index in [1.165, 1.54) is 30.5 Å². The van der Waals surface area contributed by atoms with Gasteiger partial charge in [-0.1, -0.05) is 0 Å². The van der Waals surface area contributed by atoms with E-state index in [0.717, 1.165) is 0 Å². The number of halogens is 2. The molecule has 0 bridgehead atoms. The molecule has 0 radical (unpaired) electrons. The van der Waals surface area contributed by atoms with E-state index in [2.05, 4.69) is 14.7 Å². The van der Waals surface area contributed by atoms with Crippen molar-refractivity contribution < 1.29 is 18.3 Å². The van der Waals surface area contributed by atoms with Gasteiger partial charge >= 0.3 is 6.61 Å². The summed E-state index contributed by atoms with van der Waals surface area (Å²) in [6, 6.07) is 5.62. The molecule has 20 heavy (non-hydrogen) atoms. The van der Waals surface area contributed by atoms with Gasteiger partial charge in [0.2, 0.25) is 0 Å². The van der Waals surface area contributed by atoms with Crippen LogP contribution in [0.5, 0.6) is 11.5 Å². The molecule has 0 aliphatic carbocycles. The second kappa shape index (κ2) is 6.14. The zero-order chi connectivity index (χ0) is 14.5. The molecular formula is C13H12F2N2O3. The molecule has 1 aromatic heterocycles. The molecule has 1 N–H and O–H groups in total. The van der Waals surface area contributed by atoms with Crippen molar-refractivity contribution >= 4 is 0 Å². The van der Waals surface area contributed by atoms with E-state index >= 15 is 0 Å². The van der Waals surface area contributed by atoms with Crippen molar-refractivity contribution in [2.24, 2.45) is 0 Å². The van der Waals surface area contributed by atoms with Gasteiger partial charge in [0, 0.05) is 17.8 Å². The highest BCUT2D eigenvalue weighted by atomic mass is 19.3. The fraction of sp³-hybridized carbons (Fsp3) is 0.231. The molecule has 0 saturated carbocycles. The third kappa shape index (κ3) is 3.31. The molecule has 0 aliphatic rings. The molecule has 0 atom stereocenters. The quantitative estimate of drug-likeness (QED) is 0.914. The van der Waals surface area contributed by atoms with Gasteiger partial charge in [-0.05, 0) is 25.1 Å². The SMILES string of the molecule is CCOc1cc(-c2nccc(=O)[nH]2)ccc1OC(F)F. The topological polar surface area (TPSA) is 64.2 Å². The van der Waals surface area contributed by atoms with Gasteiger partial charge in [-0.3, -0.25) is 4.79 Å². The number of aromatic nitrogens is 2. The normalized spacial score (nSPS) is 10.6. The predicted molar refractivity (Wildman–Crippen MR) is 68.1 cm³/mol. The van der Waals surface area contributed by atoms with Crippen LogP contribution in [-0.4, -0.2) is 23.2 Å². The average molecular weight is 282 g/mol. The van der Waals surface area contributed by atoms with E-state index in [1.807, 2.05) is 0 Å². The summed E-state index contributed by atoms with van der Waals surface area (Å²) < 4.78 is 34.2. The number of ether oxygens (including phenoxy) is 2. The lowest BCUT2D eigenvalue weighted by Gasteiger charge is -2.12. The molecule has 5 nitrogen and oxygen atoms in total. The van der Waals surface area contributed by atoms with Crippen LogP contribution in [0.15, 0.2) is 35.3 Å². The van der Waals surface area contributed by atoms with Crippen LogP contribution in [0.4, 0.5) is 8.78 Å². The van der Waals surface area contributed by atoms with E-state index in [4.69, 9.17) is 4.74 Å². The second-order valence-corrected chi connectivity index (χ2v) is 3.76. The van der Waals surface area contributed by atoms with Gasteiger partial charge in [0.05, 0.1) is 6.61 Å². The highest BCUT2D eigenvalue weighted by Crippen LogP contribution is 2.32. The smallest absolute Gasteiger partial charge is 0.387 e. The Balaban J connectivity index is 2.41. The van der Waals surface area contributed by atoms with Crippen LogP contribution in [0, 0.1) is 0 Å². The van der Waals surface area contributed by atoms with Crippen molar-refractivity contribution in [1.82, 2.24) is 9.97 Å². The first-order valence-electron chi connectivity index (χ1n) is 5.87. The Morgan fingerprint density at radius 1 is 1.30 bits per heavy atom.